The third-order valence-corrected chi connectivity index (χ3v) is 5.99. The van der Waals surface area contributed by atoms with Gasteiger partial charge in [-0.15, -0.1) is 0 Å². The van der Waals surface area contributed by atoms with Gasteiger partial charge >= 0.3 is 0 Å². The summed E-state index contributed by atoms with van der Waals surface area (Å²) in [6.45, 7) is 3.21. The molecule has 2 rings (SSSR count). The van der Waals surface area contributed by atoms with Gasteiger partial charge in [0.25, 0.3) is 5.69 Å². The number of unbranched alkanes of at least 4 members (excludes halogenated alkanes) is 11. The zero-order valence-corrected chi connectivity index (χ0v) is 20.2. The van der Waals surface area contributed by atoms with E-state index in [4.69, 9.17) is 5.73 Å². The molecule has 0 atom stereocenters. The average Bonchev–Trinajstić information content (AvgIpc) is 2.82. The lowest BCUT2D eigenvalue weighted by molar-refractivity contribution is -0.384. The van der Waals surface area contributed by atoms with Crippen LogP contribution < -0.4 is 11.1 Å². The monoisotopic (exact) mass is 451 g/mol. The molecule has 0 aromatic heterocycles. The lowest BCUT2D eigenvalue weighted by Crippen LogP contribution is -2.04. The van der Waals surface area contributed by atoms with E-state index in [1.807, 2.05) is 30.4 Å². The van der Waals surface area contributed by atoms with Gasteiger partial charge in [0, 0.05) is 18.7 Å². The van der Waals surface area contributed by atoms with Crippen LogP contribution in [-0.2, 0) is 0 Å². The number of nitrogens with two attached hydrogens (primary N) is 1. The Bertz CT molecular complexity index is 847. The van der Waals surface area contributed by atoms with Gasteiger partial charge in [0.1, 0.15) is 0 Å². The fourth-order valence-corrected chi connectivity index (χ4v) is 3.93. The number of non-ortho nitro benzene ring substituents is 1. The minimum atomic E-state index is -0.392. The summed E-state index contributed by atoms with van der Waals surface area (Å²) in [5.41, 5.74) is 9.94. The van der Waals surface area contributed by atoms with Gasteiger partial charge in [0.15, 0.2) is 0 Å². The Morgan fingerprint density at radius 3 is 1.85 bits per heavy atom. The summed E-state index contributed by atoms with van der Waals surface area (Å²) >= 11 is 0. The number of nitrogens with zero attached hydrogens (tertiary/aromatic N) is 1. The summed E-state index contributed by atoms with van der Waals surface area (Å²) in [4.78, 5) is 10.3. The maximum Gasteiger partial charge on any atom is 0.269 e. The summed E-state index contributed by atoms with van der Waals surface area (Å²) in [6, 6.07) is 12.5. The molecular formula is C28H41N3O2. The first-order valence-electron chi connectivity index (χ1n) is 12.7. The summed E-state index contributed by atoms with van der Waals surface area (Å²) in [5, 5.41) is 14.2. The number of nitro groups is 1. The highest BCUT2D eigenvalue weighted by Crippen LogP contribution is 2.22. The van der Waals surface area contributed by atoms with Gasteiger partial charge in [0.2, 0.25) is 0 Å². The molecule has 0 amide bonds. The van der Waals surface area contributed by atoms with Crippen LogP contribution in [0.4, 0.5) is 17.1 Å². The van der Waals surface area contributed by atoms with E-state index < -0.39 is 4.92 Å². The molecule has 0 aliphatic rings. The van der Waals surface area contributed by atoms with Gasteiger partial charge in [-0.2, -0.15) is 0 Å². The summed E-state index contributed by atoms with van der Waals surface area (Å²) in [7, 11) is 0. The maximum absolute atomic E-state index is 10.7. The molecular weight excluding hydrogens is 410 g/mol. The van der Waals surface area contributed by atoms with E-state index in [-0.39, 0.29) is 5.69 Å². The van der Waals surface area contributed by atoms with Crippen LogP contribution in [0.25, 0.3) is 12.2 Å². The Kier molecular flexibility index (Phi) is 12.7. The van der Waals surface area contributed by atoms with Crippen LogP contribution in [0.15, 0.2) is 42.5 Å². The molecule has 2 aromatic rings. The highest BCUT2D eigenvalue weighted by Gasteiger charge is 2.03. The Morgan fingerprint density at radius 2 is 1.30 bits per heavy atom. The molecule has 0 heterocycles. The van der Waals surface area contributed by atoms with E-state index >= 15 is 0 Å². The second kappa shape index (κ2) is 15.9. The fourth-order valence-electron chi connectivity index (χ4n) is 3.93. The molecule has 5 nitrogen and oxygen atoms in total. The molecule has 0 aliphatic carbocycles. The van der Waals surface area contributed by atoms with E-state index in [1.165, 1.54) is 82.8 Å². The van der Waals surface area contributed by atoms with E-state index in [9.17, 15) is 10.1 Å². The predicted octanol–water partition coefficient (Wildman–Crippen LogP) is 8.46. The van der Waals surface area contributed by atoms with Crippen molar-refractivity contribution in [1.29, 1.82) is 0 Å². The van der Waals surface area contributed by atoms with Crippen molar-refractivity contribution in [2.45, 2.75) is 84.0 Å². The lowest BCUT2D eigenvalue weighted by Gasteiger charge is -2.10. The predicted molar refractivity (Wildman–Crippen MR) is 142 cm³/mol. The van der Waals surface area contributed by atoms with Crippen LogP contribution in [0.5, 0.6) is 0 Å². The number of nitrogen functional groups attached to an aromatic ring is 1. The average molecular weight is 452 g/mol. The molecule has 0 fully saturated rings. The Morgan fingerprint density at radius 1 is 0.788 bits per heavy atom. The van der Waals surface area contributed by atoms with Crippen molar-refractivity contribution in [3.8, 4) is 0 Å². The highest BCUT2D eigenvalue weighted by molar-refractivity contribution is 5.75. The molecule has 180 valence electrons. The first kappa shape index (κ1) is 26.4. The van der Waals surface area contributed by atoms with Gasteiger partial charge in [-0.25, -0.2) is 0 Å². The number of hydrogen-bond acceptors (Lipinski definition) is 4. The molecule has 0 spiro atoms. The van der Waals surface area contributed by atoms with Gasteiger partial charge in [0.05, 0.1) is 16.3 Å². The van der Waals surface area contributed by atoms with E-state index in [0.29, 0.717) is 0 Å². The van der Waals surface area contributed by atoms with Crippen LogP contribution >= 0.6 is 0 Å². The summed E-state index contributed by atoms with van der Waals surface area (Å²) in [5.74, 6) is 0. The number of anilines is 2. The first-order chi connectivity index (χ1) is 16.1. The molecule has 0 aliphatic heterocycles. The number of nitrogens with one attached hydrogen (secondary N) is 1. The highest BCUT2D eigenvalue weighted by atomic mass is 16.6. The smallest absolute Gasteiger partial charge is 0.269 e. The molecule has 2 aromatic carbocycles. The Hall–Kier alpha value is -2.82. The fraction of sp³-hybridized carbons (Fsp3) is 0.500. The lowest BCUT2D eigenvalue weighted by atomic mass is 10.1. The first-order valence-corrected chi connectivity index (χ1v) is 12.7. The molecule has 0 saturated carbocycles. The van der Waals surface area contributed by atoms with E-state index in [2.05, 4.69) is 12.2 Å². The third kappa shape index (κ3) is 11.0. The molecule has 33 heavy (non-hydrogen) atoms. The van der Waals surface area contributed by atoms with E-state index in [0.717, 1.165) is 35.5 Å². The van der Waals surface area contributed by atoms with Gasteiger partial charge < -0.3 is 11.1 Å². The van der Waals surface area contributed by atoms with Crippen molar-refractivity contribution >= 4 is 29.2 Å². The zero-order chi connectivity index (χ0) is 23.7. The summed E-state index contributed by atoms with van der Waals surface area (Å²) < 4.78 is 0. The quantitative estimate of drug-likeness (QED) is 0.0830. The van der Waals surface area contributed by atoms with Crippen LogP contribution in [0.3, 0.4) is 0 Å². The van der Waals surface area contributed by atoms with Crippen molar-refractivity contribution in [3.05, 3.63) is 63.7 Å². The third-order valence-electron chi connectivity index (χ3n) is 5.99. The van der Waals surface area contributed by atoms with Crippen LogP contribution in [0.2, 0.25) is 0 Å². The summed E-state index contributed by atoms with van der Waals surface area (Å²) in [6.07, 6.45) is 20.1. The molecule has 0 radical (unpaired) electrons. The Balaban J connectivity index is 1.59. The molecule has 0 unspecified atom stereocenters. The normalized spacial score (nSPS) is 11.2. The second-order valence-electron chi connectivity index (χ2n) is 8.84. The molecule has 5 heteroatoms. The number of nitro benzene ring substituents is 1. The van der Waals surface area contributed by atoms with Crippen LogP contribution in [-0.4, -0.2) is 11.5 Å². The van der Waals surface area contributed by atoms with Gasteiger partial charge in [-0.3, -0.25) is 10.1 Å². The van der Waals surface area contributed by atoms with Crippen molar-refractivity contribution in [2.24, 2.45) is 0 Å². The number of rotatable bonds is 17. The van der Waals surface area contributed by atoms with Gasteiger partial charge in [-0.05, 0) is 41.8 Å². The van der Waals surface area contributed by atoms with Crippen LogP contribution in [0.1, 0.15) is 95.1 Å². The molecule has 0 saturated heterocycles. The SMILES string of the molecule is CCCCCCCCCCCCCCNc1ccc(C=Cc2ccc([N+](=O)[O-])cc2)cc1N. The minimum Gasteiger partial charge on any atom is -0.397 e. The van der Waals surface area contributed by atoms with Crippen molar-refractivity contribution in [3.63, 3.8) is 0 Å². The molecule has 0 bridgehead atoms. The van der Waals surface area contributed by atoms with Crippen molar-refractivity contribution in [1.82, 2.24) is 0 Å². The second-order valence-corrected chi connectivity index (χ2v) is 8.84. The maximum atomic E-state index is 10.7. The molecule has 3 N–H and O–H groups in total. The number of hydrogen-bond donors (Lipinski definition) is 2. The largest absolute Gasteiger partial charge is 0.397 e. The zero-order valence-electron chi connectivity index (χ0n) is 20.2. The number of benzene rings is 2. The minimum absolute atomic E-state index is 0.0972. The Labute approximate surface area is 199 Å². The van der Waals surface area contributed by atoms with Crippen molar-refractivity contribution < 1.29 is 4.92 Å². The standard InChI is InChI=1S/C28H41N3O2/c1-2-3-4-5-6-7-8-9-10-11-12-13-22-30-28-21-18-25(23-27(28)29)15-14-24-16-19-26(20-17-24)31(32)33/h14-21,23,30H,2-13,22,29H2,1H3. The van der Waals surface area contributed by atoms with Crippen molar-refractivity contribution in [2.75, 3.05) is 17.6 Å². The van der Waals surface area contributed by atoms with Gasteiger partial charge in [-0.1, -0.05) is 95.8 Å². The van der Waals surface area contributed by atoms with E-state index in [1.54, 1.807) is 12.1 Å². The topological polar surface area (TPSA) is 81.2 Å². The van der Waals surface area contributed by atoms with Crippen LogP contribution in [0, 0.1) is 10.1 Å².